The molecule has 1 atom stereocenters. The number of nitrogens with two attached hydrogens (primary N) is 1. The fourth-order valence-corrected chi connectivity index (χ4v) is 2.49. The summed E-state index contributed by atoms with van der Waals surface area (Å²) < 4.78 is 1.63. The second-order valence-corrected chi connectivity index (χ2v) is 4.55. The van der Waals surface area contributed by atoms with Crippen molar-refractivity contribution in [1.82, 2.24) is 9.38 Å². The van der Waals surface area contributed by atoms with Gasteiger partial charge in [-0.15, -0.1) is 11.3 Å². The van der Waals surface area contributed by atoms with Crippen molar-refractivity contribution in [2.45, 2.75) is 26.8 Å². The molecule has 4 nitrogen and oxygen atoms in total. The third-order valence-electron chi connectivity index (χ3n) is 2.43. The van der Waals surface area contributed by atoms with E-state index in [1.807, 2.05) is 19.2 Å². The van der Waals surface area contributed by atoms with Crippen LogP contribution in [-0.2, 0) is 0 Å². The first-order valence-electron chi connectivity index (χ1n) is 4.75. The highest BCUT2D eigenvalue weighted by Gasteiger charge is 2.13. The summed E-state index contributed by atoms with van der Waals surface area (Å²) in [5.74, 6) is 0. The maximum absolute atomic E-state index is 12.0. The number of hydrogen-bond donors (Lipinski definition) is 1. The van der Waals surface area contributed by atoms with Crippen LogP contribution in [0.25, 0.3) is 4.96 Å². The monoisotopic (exact) mass is 223 g/mol. The molecular weight excluding hydrogens is 210 g/mol. The highest BCUT2D eigenvalue weighted by atomic mass is 32.1. The van der Waals surface area contributed by atoms with Gasteiger partial charge in [0.2, 0.25) is 0 Å². The molecule has 0 aliphatic rings. The molecule has 0 saturated heterocycles. The van der Waals surface area contributed by atoms with E-state index in [-0.39, 0.29) is 11.6 Å². The summed E-state index contributed by atoms with van der Waals surface area (Å²) in [6.07, 6.45) is 0. The molecule has 0 aliphatic carbocycles. The lowest BCUT2D eigenvalue weighted by Gasteiger charge is -2.08. The molecule has 15 heavy (non-hydrogen) atoms. The zero-order chi connectivity index (χ0) is 11.2. The number of aryl methyl sites for hydroxylation is 1. The molecule has 2 aromatic rings. The van der Waals surface area contributed by atoms with E-state index >= 15 is 0 Å². The zero-order valence-electron chi connectivity index (χ0n) is 8.94. The van der Waals surface area contributed by atoms with E-state index in [0.29, 0.717) is 11.3 Å². The molecule has 2 heterocycles. The Morgan fingerprint density at radius 3 is 2.80 bits per heavy atom. The van der Waals surface area contributed by atoms with Gasteiger partial charge in [0.25, 0.3) is 5.56 Å². The van der Waals surface area contributed by atoms with Crippen LogP contribution in [-0.4, -0.2) is 9.38 Å². The number of fused-ring (bicyclic) bond motifs is 1. The molecule has 0 saturated carbocycles. The van der Waals surface area contributed by atoms with Crippen LogP contribution in [0.5, 0.6) is 0 Å². The van der Waals surface area contributed by atoms with Gasteiger partial charge < -0.3 is 5.73 Å². The van der Waals surface area contributed by atoms with Crippen LogP contribution >= 0.6 is 11.3 Å². The second kappa shape index (κ2) is 3.43. The van der Waals surface area contributed by atoms with Gasteiger partial charge in [-0.3, -0.25) is 9.20 Å². The SMILES string of the molecule is Cc1c([C@H](C)N)nc2scc(C)n2c1=O. The van der Waals surface area contributed by atoms with Crippen molar-refractivity contribution < 1.29 is 0 Å². The maximum atomic E-state index is 12.0. The number of rotatable bonds is 1. The van der Waals surface area contributed by atoms with Gasteiger partial charge in [-0.25, -0.2) is 4.98 Å². The van der Waals surface area contributed by atoms with Crippen LogP contribution < -0.4 is 11.3 Å². The molecule has 0 amide bonds. The Labute approximate surface area is 91.4 Å². The van der Waals surface area contributed by atoms with E-state index in [9.17, 15) is 4.79 Å². The summed E-state index contributed by atoms with van der Waals surface area (Å²) in [6, 6.07) is -0.204. The van der Waals surface area contributed by atoms with Gasteiger partial charge >= 0.3 is 0 Å². The fourth-order valence-electron chi connectivity index (χ4n) is 1.63. The van der Waals surface area contributed by atoms with Gasteiger partial charge in [0.1, 0.15) is 0 Å². The largest absolute Gasteiger partial charge is 0.323 e. The Kier molecular flexibility index (Phi) is 2.36. The van der Waals surface area contributed by atoms with Gasteiger partial charge in [-0.2, -0.15) is 0 Å². The van der Waals surface area contributed by atoms with Gasteiger partial charge in [0.15, 0.2) is 4.96 Å². The van der Waals surface area contributed by atoms with Crippen LogP contribution in [0.1, 0.15) is 29.9 Å². The number of hydrogen-bond acceptors (Lipinski definition) is 4. The molecule has 2 aromatic heterocycles. The van der Waals surface area contributed by atoms with Crippen LogP contribution in [0.3, 0.4) is 0 Å². The number of nitrogens with zero attached hydrogens (tertiary/aromatic N) is 2. The minimum Gasteiger partial charge on any atom is -0.323 e. The van der Waals surface area contributed by atoms with E-state index in [2.05, 4.69) is 4.98 Å². The zero-order valence-corrected chi connectivity index (χ0v) is 9.76. The lowest BCUT2D eigenvalue weighted by atomic mass is 10.1. The van der Waals surface area contributed by atoms with E-state index in [0.717, 1.165) is 10.7 Å². The number of thiazole rings is 1. The lowest BCUT2D eigenvalue weighted by Crippen LogP contribution is -2.23. The predicted molar refractivity (Wildman–Crippen MR) is 61.4 cm³/mol. The summed E-state index contributed by atoms with van der Waals surface area (Å²) in [7, 11) is 0. The highest BCUT2D eigenvalue weighted by molar-refractivity contribution is 7.15. The minimum atomic E-state index is -0.204. The quantitative estimate of drug-likeness (QED) is 0.794. The molecule has 2 N–H and O–H groups in total. The van der Waals surface area contributed by atoms with Gasteiger partial charge in [-0.05, 0) is 20.8 Å². The minimum absolute atomic E-state index is 0.00829. The molecule has 0 aliphatic heterocycles. The van der Waals surface area contributed by atoms with Crippen LogP contribution in [0.4, 0.5) is 0 Å². The molecule has 0 spiro atoms. The topological polar surface area (TPSA) is 60.4 Å². The van der Waals surface area contributed by atoms with Crippen molar-refractivity contribution in [2.75, 3.05) is 0 Å². The summed E-state index contributed by atoms with van der Waals surface area (Å²) >= 11 is 1.46. The van der Waals surface area contributed by atoms with Crippen LogP contribution in [0.15, 0.2) is 10.2 Å². The molecule has 5 heteroatoms. The first-order chi connectivity index (χ1) is 7.02. The van der Waals surface area contributed by atoms with Gasteiger partial charge in [-0.1, -0.05) is 0 Å². The molecule has 0 aromatic carbocycles. The van der Waals surface area contributed by atoms with E-state index in [4.69, 9.17) is 5.73 Å². The average molecular weight is 223 g/mol. The maximum Gasteiger partial charge on any atom is 0.261 e. The molecular formula is C10H13N3OS. The molecule has 0 fully saturated rings. The predicted octanol–water partition coefficient (Wildman–Crippen LogP) is 1.39. The van der Waals surface area contributed by atoms with Crippen molar-refractivity contribution in [2.24, 2.45) is 5.73 Å². The smallest absolute Gasteiger partial charge is 0.261 e. The third kappa shape index (κ3) is 1.48. The Bertz CT molecular complexity index is 568. The number of aromatic nitrogens is 2. The standard InChI is InChI=1S/C10H13N3OS/c1-5-4-15-10-12-8(7(3)11)6(2)9(14)13(5)10/h4,7H,11H2,1-3H3/t7-/m0/s1. The van der Waals surface area contributed by atoms with Crippen LogP contribution in [0, 0.1) is 13.8 Å². The van der Waals surface area contributed by atoms with Crippen molar-refractivity contribution in [3.8, 4) is 0 Å². The Balaban J connectivity index is 2.91. The van der Waals surface area contributed by atoms with Crippen molar-refractivity contribution in [3.63, 3.8) is 0 Å². The van der Waals surface area contributed by atoms with E-state index in [1.165, 1.54) is 11.3 Å². The average Bonchev–Trinajstić information content (AvgIpc) is 2.53. The molecule has 0 unspecified atom stereocenters. The van der Waals surface area contributed by atoms with E-state index < -0.39 is 0 Å². The van der Waals surface area contributed by atoms with E-state index in [1.54, 1.807) is 11.3 Å². The first kappa shape index (κ1) is 10.3. The van der Waals surface area contributed by atoms with Gasteiger partial charge in [0.05, 0.1) is 5.69 Å². The highest BCUT2D eigenvalue weighted by Crippen LogP contribution is 2.16. The van der Waals surface area contributed by atoms with Crippen molar-refractivity contribution >= 4 is 16.3 Å². The summed E-state index contributed by atoms with van der Waals surface area (Å²) in [4.78, 5) is 17.1. The third-order valence-corrected chi connectivity index (χ3v) is 3.38. The lowest BCUT2D eigenvalue weighted by molar-refractivity contribution is 0.762. The summed E-state index contributed by atoms with van der Waals surface area (Å²) in [5, 5.41) is 1.92. The molecule has 0 bridgehead atoms. The molecule has 0 radical (unpaired) electrons. The van der Waals surface area contributed by atoms with Crippen molar-refractivity contribution in [3.05, 3.63) is 32.7 Å². The Morgan fingerprint density at radius 2 is 2.20 bits per heavy atom. The Morgan fingerprint density at radius 1 is 1.53 bits per heavy atom. The second-order valence-electron chi connectivity index (χ2n) is 3.71. The fraction of sp³-hybridized carbons (Fsp3) is 0.400. The summed E-state index contributed by atoms with van der Waals surface area (Å²) in [5.41, 5.74) is 8.03. The molecule has 80 valence electrons. The van der Waals surface area contributed by atoms with Crippen molar-refractivity contribution in [1.29, 1.82) is 0 Å². The van der Waals surface area contributed by atoms with Crippen LogP contribution in [0.2, 0.25) is 0 Å². The molecule has 2 rings (SSSR count). The normalized spacial score (nSPS) is 13.3. The van der Waals surface area contributed by atoms with Gasteiger partial charge in [0, 0.05) is 22.7 Å². The Hall–Kier alpha value is -1.20. The summed E-state index contributed by atoms with van der Waals surface area (Å²) in [6.45, 7) is 5.51. The first-order valence-corrected chi connectivity index (χ1v) is 5.63.